The van der Waals surface area contributed by atoms with E-state index in [-0.39, 0.29) is 69.8 Å². The number of nitriles is 1. The lowest BCUT2D eigenvalue weighted by Gasteiger charge is -2.32. The molecule has 0 radical (unpaired) electrons. The molecule has 8 heterocycles. The maximum atomic E-state index is 13.5. The molecule has 122 heavy (non-hydrogen) atoms. The second-order valence-corrected chi connectivity index (χ2v) is 39.2. The number of nitrogens with one attached hydrogen (secondary N) is 4. The van der Waals surface area contributed by atoms with Gasteiger partial charge in [0.15, 0.2) is 0 Å². The van der Waals surface area contributed by atoms with Gasteiger partial charge in [0.2, 0.25) is 40.1 Å². The number of methoxy groups -OCH3 is 2. The number of benzene rings is 8. The van der Waals surface area contributed by atoms with E-state index in [4.69, 9.17) is 9.47 Å². The number of alkyl halides is 9. The zero-order valence-electron chi connectivity index (χ0n) is 67.3. The highest BCUT2D eigenvalue weighted by molar-refractivity contribution is 7.90. The predicted octanol–water partition coefficient (Wildman–Crippen LogP) is 19.2. The molecule has 4 N–H and O–H groups in total. The summed E-state index contributed by atoms with van der Waals surface area (Å²) in [7, 11) is -13.2. The second kappa shape index (κ2) is 35.7. The van der Waals surface area contributed by atoms with E-state index in [0.717, 1.165) is 84.2 Å². The predicted molar refractivity (Wildman–Crippen MR) is 445 cm³/mol. The summed E-state index contributed by atoms with van der Waals surface area (Å²) in [4.78, 5) is 23.8. The number of aromatic nitrogens is 4. The molecule has 0 unspecified atom stereocenters. The average molecular weight is 1760 g/mol. The number of aryl methyl sites for hydroxylation is 1. The fourth-order valence-corrected chi connectivity index (χ4v) is 22.8. The van der Waals surface area contributed by atoms with Crippen LogP contribution in [0.4, 0.5) is 39.5 Å². The molecular weight excluding hydrogens is 1670 g/mol. The van der Waals surface area contributed by atoms with E-state index in [1.54, 1.807) is 46.9 Å². The molecule has 0 saturated carbocycles. The average Bonchev–Trinajstić information content (AvgIpc) is 0.947. The van der Waals surface area contributed by atoms with Gasteiger partial charge in [-0.1, -0.05) is 80.9 Å². The van der Waals surface area contributed by atoms with Crippen LogP contribution in [0.25, 0.3) is 43.6 Å². The molecule has 646 valence electrons. The van der Waals surface area contributed by atoms with Crippen molar-refractivity contribution in [3.05, 3.63) is 250 Å². The third-order valence-electron chi connectivity index (χ3n) is 23.0. The van der Waals surface area contributed by atoms with Crippen molar-refractivity contribution in [3.63, 3.8) is 0 Å². The van der Waals surface area contributed by atoms with E-state index in [9.17, 15) is 83.2 Å². The zero-order chi connectivity index (χ0) is 87.7. The number of sulfonamides is 4. The van der Waals surface area contributed by atoms with Gasteiger partial charge < -0.3 is 34.1 Å². The number of ether oxygens (including phenoxy) is 3. The summed E-state index contributed by atoms with van der Waals surface area (Å²) >= 11 is 0. The van der Waals surface area contributed by atoms with Gasteiger partial charge in [-0.25, -0.2) is 38.5 Å². The fourth-order valence-electron chi connectivity index (χ4n) is 16.4. The lowest BCUT2D eigenvalue weighted by Crippen LogP contribution is -2.38. The maximum Gasteiger partial charge on any atom is 0.573 e. The Bertz CT molecular complexity index is 6320. The van der Waals surface area contributed by atoms with Gasteiger partial charge in [-0.05, 0) is 224 Å². The third-order valence-corrected chi connectivity index (χ3v) is 30.7. The van der Waals surface area contributed by atoms with Crippen LogP contribution in [0.5, 0.6) is 11.5 Å². The molecule has 4 aliphatic rings. The number of hydrogen-bond acceptors (Lipinski definition) is 13. The smallest absolute Gasteiger partial charge is 0.497 e. The summed E-state index contributed by atoms with van der Waals surface area (Å²) in [6, 6.07) is 46.1. The van der Waals surface area contributed by atoms with E-state index < -0.39 is 86.5 Å². The second-order valence-electron chi connectivity index (χ2n) is 31.6. The molecule has 8 aromatic carbocycles. The molecule has 16 rings (SSSR count). The number of esters is 1. The van der Waals surface area contributed by atoms with Gasteiger partial charge >= 0.3 is 24.7 Å². The van der Waals surface area contributed by atoms with E-state index in [2.05, 4.69) is 82.8 Å². The van der Waals surface area contributed by atoms with Crippen molar-refractivity contribution < 1.29 is 92.2 Å². The Hall–Kier alpha value is -10.5. The first-order valence-corrected chi connectivity index (χ1v) is 45.2. The number of aromatic amines is 4. The van der Waals surface area contributed by atoms with Crippen LogP contribution < -0.4 is 9.47 Å². The number of halogens is 9. The minimum atomic E-state index is -5.13. The number of carbonyl (C=O) groups is 1. The standard InChI is InChI=1S/C24H30N2O2S.C22H20F6N2O3S.C22H21N3O4S.C20H19F3N2O3S/c1-17-5-10-23-21(15-17)22(16-25-23)18-11-13-26(14-12-18)29(27,28)20-8-6-19(7-9-20)24(2,3)4;1-33-15-3-5-19-16(11-15)17(12-29-19)13-6-8-30(9-7-13)34(31,32)20-10-14(21(23,24)25)2-4-18(20)22(26,27)28;1-29-22(26)17-4-2-3-5-21(17)30(27,28)25-10-8-16(9-11-25)19-14-24-20-7-6-15(13-23)12-18(19)20;21-20(22,23)28-15-4-3-5-16(12-15)29(26,27)25-10-8-14(9-11-25)18-13-24-19-7-2-1-6-17(18)19/h5-10,15-16,18,25H,11-14H2,1-4H3;2-5,10-13,29H,6-9H2,1H3;2-7,12,14,16,24H,8-11H2,1H3;1-7,12-14,24H,8-11H2. The minimum Gasteiger partial charge on any atom is -0.497 e. The van der Waals surface area contributed by atoms with Gasteiger partial charge in [-0.15, -0.1) is 13.2 Å². The Morgan fingerprint density at radius 1 is 0.418 bits per heavy atom. The number of para-hydroxylation sites is 1. The van der Waals surface area contributed by atoms with Crippen LogP contribution in [-0.4, -0.2) is 150 Å². The molecule has 12 aromatic rings. The van der Waals surface area contributed by atoms with Crippen molar-refractivity contribution in [1.82, 2.24) is 37.2 Å². The summed E-state index contributed by atoms with van der Waals surface area (Å²) in [6.07, 6.45) is -2.30. The number of nitrogens with zero attached hydrogens (tertiary/aromatic N) is 5. The Labute approximate surface area is 701 Å². The summed E-state index contributed by atoms with van der Waals surface area (Å²) in [5, 5.41) is 13.5. The molecule has 0 atom stereocenters. The highest BCUT2D eigenvalue weighted by Gasteiger charge is 2.44. The summed E-state index contributed by atoms with van der Waals surface area (Å²) in [5.74, 6) is 0.129. The number of H-pyrrole nitrogens is 4. The molecule has 4 fully saturated rings. The van der Waals surface area contributed by atoms with Crippen LogP contribution in [0.15, 0.2) is 214 Å². The molecule has 21 nitrogen and oxygen atoms in total. The van der Waals surface area contributed by atoms with E-state index in [1.807, 2.05) is 73.1 Å². The van der Waals surface area contributed by atoms with Gasteiger partial charge in [0.25, 0.3) is 0 Å². The Kier molecular flexibility index (Phi) is 26.2. The monoisotopic (exact) mass is 1760 g/mol. The van der Waals surface area contributed by atoms with Crippen molar-refractivity contribution in [1.29, 1.82) is 5.26 Å². The highest BCUT2D eigenvalue weighted by atomic mass is 32.2. The summed E-state index contributed by atoms with van der Waals surface area (Å²) in [6.45, 7) is 10.7. The van der Waals surface area contributed by atoms with Crippen LogP contribution in [0.2, 0.25) is 0 Å². The molecule has 4 saturated heterocycles. The van der Waals surface area contributed by atoms with Gasteiger partial charge in [0.1, 0.15) is 11.5 Å². The summed E-state index contributed by atoms with van der Waals surface area (Å²) < 4.78 is 241. The highest BCUT2D eigenvalue weighted by Crippen LogP contribution is 2.44. The Morgan fingerprint density at radius 3 is 1.34 bits per heavy atom. The first-order chi connectivity index (χ1) is 57.7. The summed E-state index contributed by atoms with van der Waals surface area (Å²) in [5.41, 5.74) is 8.48. The molecule has 0 spiro atoms. The van der Waals surface area contributed by atoms with Gasteiger partial charge in [0, 0.05) is 127 Å². The third kappa shape index (κ3) is 19.6. The van der Waals surface area contributed by atoms with Crippen molar-refractivity contribution in [3.8, 4) is 17.6 Å². The Balaban J connectivity index is 0.000000140. The van der Waals surface area contributed by atoms with Gasteiger partial charge in [-0.3, -0.25) is 0 Å². The number of piperidine rings is 4. The largest absolute Gasteiger partial charge is 0.573 e. The minimum absolute atomic E-state index is 0.0122. The van der Waals surface area contributed by atoms with Crippen LogP contribution in [0.3, 0.4) is 0 Å². The van der Waals surface area contributed by atoms with Crippen molar-refractivity contribution in [2.75, 3.05) is 66.6 Å². The van der Waals surface area contributed by atoms with E-state index in [1.165, 1.54) is 69.2 Å². The van der Waals surface area contributed by atoms with Crippen LogP contribution >= 0.6 is 0 Å². The van der Waals surface area contributed by atoms with Crippen LogP contribution in [0.1, 0.15) is 156 Å². The molecule has 0 aliphatic carbocycles. The quantitative estimate of drug-likeness (QED) is 0.0549. The maximum absolute atomic E-state index is 13.5. The lowest BCUT2D eigenvalue weighted by atomic mass is 9.87. The van der Waals surface area contributed by atoms with Gasteiger partial charge in [-0.2, -0.15) is 48.8 Å². The molecular formula is C88H90F9N9O12S4. The first kappa shape index (κ1) is 89.3. The SMILES string of the molecule is COC(=O)c1ccccc1S(=O)(=O)N1CCC(c2c[nH]c3ccc(C#N)cc23)CC1.COc1ccc2[nH]cc(C3CCN(S(=O)(=O)c4cc(C(F)(F)F)ccc4C(F)(F)F)CC3)c2c1.Cc1ccc2[nH]cc(C3CCN(S(=O)(=O)c4ccc(C(C)(C)C)cc4)CC3)c2c1.O=S(=O)(c1cccc(OC(F)(F)F)c1)N1CCC(c2c[nH]c3ccccc23)CC1. The van der Waals surface area contributed by atoms with Crippen LogP contribution in [-0.2, 0) is 62.6 Å². The molecule has 4 aliphatic heterocycles. The molecule has 4 aromatic heterocycles. The van der Waals surface area contributed by atoms with Crippen molar-refractivity contribution in [2.24, 2.45) is 0 Å². The Morgan fingerprint density at radius 2 is 0.852 bits per heavy atom. The fraction of sp³-hybridized carbons (Fsp3) is 0.341. The lowest BCUT2D eigenvalue weighted by molar-refractivity contribution is -0.274. The van der Waals surface area contributed by atoms with Crippen molar-refractivity contribution >= 4 is 89.7 Å². The van der Waals surface area contributed by atoms with Gasteiger partial charge in [0.05, 0.1) is 62.1 Å². The number of hydrogen-bond donors (Lipinski definition) is 4. The van der Waals surface area contributed by atoms with Crippen molar-refractivity contribution in [2.45, 2.75) is 146 Å². The molecule has 34 heteroatoms. The molecule has 0 amide bonds. The van der Waals surface area contributed by atoms with E-state index >= 15 is 0 Å². The normalized spacial score (nSPS) is 16.6. The topological polar surface area (TPSA) is 281 Å². The van der Waals surface area contributed by atoms with E-state index in [0.29, 0.717) is 99.9 Å². The zero-order valence-corrected chi connectivity index (χ0v) is 70.5. The molecule has 0 bridgehead atoms. The number of rotatable bonds is 15. The number of carbonyl (C=O) groups excluding carboxylic acids is 1. The first-order valence-electron chi connectivity index (χ1n) is 39.4. The van der Waals surface area contributed by atoms with Crippen LogP contribution in [0, 0.1) is 18.3 Å². The number of fused-ring (bicyclic) bond motifs is 4.